The van der Waals surface area contributed by atoms with Crippen LogP contribution in [0.1, 0.15) is 9.67 Å². The zero-order valence-electron chi connectivity index (χ0n) is 12.2. The van der Waals surface area contributed by atoms with Crippen LogP contribution in [0.15, 0.2) is 21.9 Å². The van der Waals surface area contributed by atoms with Gasteiger partial charge in [0, 0.05) is 26.2 Å². The third-order valence-electron chi connectivity index (χ3n) is 3.30. The number of thioether (sulfide) groups is 1. The number of anilines is 1. The largest absolute Gasteiger partial charge is 0.369 e. The number of piperazine rings is 1. The molecule has 0 aromatic carbocycles. The van der Waals surface area contributed by atoms with E-state index in [4.69, 9.17) is 5.73 Å². The summed E-state index contributed by atoms with van der Waals surface area (Å²) in [6.45, 7) is 2.79. The Morgan fingerprint density at radius 2 is 2.04 bits per heavy atom. The molecular weight excluding hydrogens is 354 g/mol. The van der Waals surface area contributed by atoms with Gasteiger partial charge in [0.25, 0.3) is 5.91 Å². The van der Waals surface area contributed by atoms with E-state index in [1.54, 1.807) is 0 Å². The molecule has 2 N–H and O–H groups in total. The predicted octanol–water partition coefficient (Wildman–Crippen LogP) is 1.14. The average molecular weight is 369 g/mol. The minimum absolute atomic E-state index is 0.0922. The molecule has 1 aliphatic heterocycles. The summed E-state index contributed by atoms with van der Waals surface area (Å²) < 4.78 is 0.732. The number of amides is 2. The molecule has 0 radical (unpaired) electrons. The zero-order valence-corrected chi connectivity index (χ0v) is 14.6. The molecule has 2 amide bonds. The van der Waals surface area contributed by atoms with Crippen molar-refractivity contribution in [2.75, 3.05) is 36.8 Å². The Balaban J connectivity index is 1.54. The van der Waals surface area contributed by atoms with Crippen LogP contribution in [-0.2, 0) is 4.79 Å². The molecule has 7 nitrogen and oxygen atoms in total. The Morgan fingerprint density at radius 1 is 1.26 bits per heavy atom. The smallest absolute Gasteiger partial charge is 0.264 e. The molecule has 2 aromatic heterocycles. The van der Waals surface area contributed by atoms with Crippen molar-refractivity contribution < 1.29 is 9.59 Å². The maximum atomic E-state index is 12.3. The van der Waals surface area contributed by atoms with E-state index in [9.17, 15) is 9.59 Å². The van der Waals surface area contributed by atoms with Crippen molar-refractivity contribution in [3.63, 3.8) is 0 Å². The Kier molecular flexibility index (Phi) is 5.13. The van der Waals surface area contributed by atoms with Crippen LogP contribution >= 0.6 is 34.4 Å². The van der Waals surface area contributed by atoms with Crippen LogP contribution in [0.5, 0.6) is 0 Å². The van der Waals surface area contributed by atoms with Crippen LogP contribution in [0.2, 0.25) is 0 Å². The third kappa shape index (κ3) is 4.01. The summed E-state index contributed by atoms with van der Waals surface area (Å²) in [6.07, 6.45) is 0. The number of nitrogens with zero attached hydrogens (tertiary/aromatic N) is 4. The summed E-state index contributed by atoms with van der Waals surface area (Å²) in [5.74, 6) is -0.0698. The quantitative estimate of drug-likeness (QED) is 0.795. The van der Waals surface area contributed by atoms with E-state index in [1.807, 2.05) is 22.4 Å². The SMILES string of the molecule is NC(=O)CSc1nnc(N2CCN(C(=O)c3cccs3)CC2)s1. The van der Waals surface area contributed by atoms with Crippen molar-refractivity contribution in [1.29, 1.82) is 0 Å². The van der Waals surface area contributed by atoms with Gasteiger partial charge in [-0.05, 0) is 11.4 Å². The minimum Gasteiger partial charge on any atom is -0.369 e. The van der Waals surface area contributed by atoms with E-state index in [-0.39, 0.29) is 17.6 Å². The Morgan fingerprint density at radius 3 is 2.70 bits per heavy atom. The van der Waals surface area contributed by atoms with Crippen molar-refractivity contribution >= 4 is 51.4 Å². The fourth-order valence-corrected chi connectivity index (χ4v) is 4.50. The van der Waals surface area contributed by atoms with Gasteiger partial charge < -0.3 is 15.5 Å². The van der Waals surface area contributed by atoms with Gasteiger partial charge in [-0.15, -0.1) is 21.5 Å². The highest BCUT2D eigenvalue weighted by Gasteiger charge is 2.24. The van der Waals surface area contributed by atoms with E-state index >= 15 is 0 Å². The van der Waals surface area contributed by atoms with Gasteiger partial charge >= 0.3 is 0 Å². The molecule has 0 spiro atoms. The number of rotatable bonds is 5. The van der Waals surface area contributed by atoms with E-state index in [1.165, 1.54) is 34.4 Å². The van der Waals surface area contributed by atoms with Crippen LogP contribution < -0.4 is 10.6 Å². The lowest BCUT2D eigenvalue weighted by molar-refractivity contribution is -0.115. The molecule has 3 rings (SSSR count). The molecular formula is C13H15N5O2S3. The maximum absolute atomic E-state index is 12.3. The molecule has 1 saturated heterocycles. The monoisotopic (exact) mass is 369 g/mol. The predicted molar refractivity (Wildman–Crippen MR) is 92.3 cm³/mol. The van der Waals surface area contributed by atoms with Gasteiger partial charge in [-0.3, -0.25) is 9.59 Å². The van der Waals surface area contributed by atoms with Crippen LogP contribution in [-0.4, -0.2) is 58.8 Å². The average Bonchev–Trinajstić information content (AvgIpc) is 3.24. The van der Waals surface area contributed by atoms with Crippen LogP contribution in [0.3, 0.4) is 0 Å². The number of hydrogen-bond acceptors (Lipinski definition) is 8. The van der Waals surface area contributed by atoms with Gasteiger partial charge in [0.05, 0.1) is 10.6 Å². The molecule has 1 fully saturated rings. The van der Waals surface area contributed by atoms with Gasteiger partial charge in [-0.1, -0.05) is 29.2 Å². The first-order valence-corrected chi connectivity index (χ1v) is 9.64. The second-order valence-corrected chi connectivity index (χ2v) is 7.99. The molecule has 3 heterocycles. The van der Waals surface area contributed by atoms with Gasteiger partial charge in [0.15, 0.2) is 4.34 Å². The van der Waals surface area contributed by atoms with Crippen molar-refractivity contribution in [2.45, 2.75) is 4.34 Å². The summed E-state index contributed by atoms with van der Waals surface area (Å²) >= 11 is 4.21. The van der Waals surface area contributed by atoms with Crippen LogP contribution in [0, 0.1) is 0 Å². The van der Waals surface area contributed by atoms with Crippen LogP contribution in [0.4, 0.5) is 5.13 Å². The van der Waals surface area contributed by atoms with Gasteiger partial charge in [-0.2, -0.15) is 0 Å². The summed E-state index contributed by atoms with van der Waals surface area (Å²) in [7, 11) is 0. The fraction of sp³-hybridized carbons (Fsp3) is 0.385. The molecule has 0 unspecified atom stereocenters. The first-order chi connectivity index (χ1) is 11.1. The normalized spacial score (nSPS) is 15.0. The van der Waals surface area contributed by atoms with Crippen LogP contribution in [0.25, 0.3) is 0 Å². The standard InChI is InChI=1S/C13H15N5O2S3/c14-10(19)8-22-13-16-15-12(23-13)18-5-3-17(4-6-18)11(20)9-2-1-7-21-9/h1-2,7H,3-6,8H2,(H2,14,19). The third-order valence-corrected chi connectivity index (χ3v) is 6.30. The molecule has 122 valence electrons. The Bertz CT molecular complexity index is 680. The minimum atomic E-state index is -0.368. The number of hydrogen-bond donors (Lipinski definition) is 1. The highest BCUT2D eigenvalue weighted by molar-refractivity contribution is 8.01. The Labute approximate surface area is 145 Å². The highest BCUT2D eigenvalue weighted by Crippen LogP contribution is 2.28. The van der Waals surface area contributed by atoms with E-state index in [2.05, 4.69) is 15.1 Å². The molecule has 0 aliphatic carbocycles. The zero-order chi connectivity index (χ0) is 16.2. The van der Waals surface area contributed by atoms with Gasteiger partial charge in [0.1, 0.15) is 0 Å². The van der Waals surface area contributed by atoms with Crippen molar-refractivity contribution in [3.8, 4) is 0 Å². The van der Waals surface area contributed by atoms with Crippen molar-refractivity contribution in [2.24, 2.45) is 5.73 Å². The first kappa shape index (κ1) is 16.2. The maximum Gasteiger partial charge on any atom is 0.264 e. The number of primary amides is 1. The molecule has 0 atom stereocenters. The van der Waals surface area contributed by atoms with Crippen molar-refractivity contribution in [3.05, 3.63) is 22.4 Å². The molecule has 2 aromatic rings. The Hall–Kier alpha value is -1.65. The lowest BCUT2D eigenvalue weighted by Crippen LogP contribution is -2.48. The second-order valence-electron chi connectivity index (χ2n) is 4.86. The second kappa shape index (κ2) is 7.28. The number of carbonyl (C=O) groups is 2. The number of carbonyl (C=O) groups excluding carboxylic acids is 2. The highest BCUT2D eigenvalue weighted by atomic mass is 32.2. The summed E-state index contributed by atoms with van der Waals surface area (Å²) in [5.41, 5.74) is 5.12. The van der Waals surface area contributed by atoms with Gasteiger partial charge in [0.2, 0.25) is 11.0 Å². The molecule has 0 bridgehead atoms. The topological polar surface area (TPSA) is 92.4 Å². The van der Waals surface area contributed by atoms with Crippen molar-refractivity contribution in [1.82, 2.24) is 15.1 Å². The van der Waals surface area contributed by atoms with E-state index in [0.29, 0.717) is 13.1 Å². The number of aromatic nitrogens is 2. The molecule has 1 aliphatic rings. The lowest BCUT2D eigenvalue weighted by Gasteiger charge is -2.34. The summed E-state index contributed by atoms with van der Waals surface area (Å²) in [5, 5.41) is 11.0. The molecule has 10 heteroatoms. The summed E-state index contributed by atoms with van der Waals surface area (Å²) in [4.78, 5) is 27.9. The lowest BCUT2D eigenvalue weighted by atomic mass is 10.3. The summed E-state index contributed by atoms with van der Waals surface area (Å²) in [6, 6.07) is 3.74. The van der Waals surface area contributed by atoms with Gasteiger partial charge in [-0.25, -0.2) is 0 Å². The van der Waals surface area contributed by atoms with E-state index in [0.717, 1.165) is 27.4 Å². The number of thiophene rings is 1. The fourth-order valence-electron chi connectivity index (χ4n) is 2.18. The number of nitrogens with two attached hydrogens (primary N) is 1. The van der Waals surface area contributed by atoms with E-state index < -0.39 is 0 Å². The first-order valence-electron chi connectivity index (χ1n) is 6.96. The molecule has 23 heavy (non-hydrogen) atoms. The molecule has 0 saturated carbocycles.